The Morgan fingerprint density at radius 2 is 1.60 bits per heavy atom. The van der Waals surface area contributed by atoms with Crippen molar-refractivity contribution in [3.05, 3.63) is 61.4 Å². The lowest BCUT2D eigenvalue weighted by molar-refractivity contribution is 0.706. The first-order chi connectivity index (χ1) is 9.58. The van der Waals surface area contributed by atoms with Gasteiger partial charge in [-0.3, -0.25) is 0 Å². The molecule has 1 nitrogen and oxygen atoms in total. The van der Waals surface area contributed by atoms with Gasteiger partial charge in [-0.15, -0.1) is 0 Å². The molecule has 0 saturated carbocycles. The van der Waals surface area contributed by atoms with E-state index >= 15 is 0 Å². The van der Waals surface area contributed by atoms with Crippen molar-refractivity contribution in [1.82, 2.24) is 0 Å². The molecule has 0 radical (unpaired) electrons. The van der Waals surface area contributed by atoms with Crippen molar-refractivity contribution >= 4 is 53.5 Å². The zero-order valence-electron chi connectivity index (χ0n) is 11.2. The molecule has 0 bridgehead atoms. The van der Waals surface area contributed by atoms with E-state index in [1.165, 1.54) is 5.56 Å². The Hall–Kier alpha value is -0.320. The predicted molar refractivity (Wildman–Crippen MR) is 97.5 cm³/mol. The molecule has 0 spiro atoms. The summed E-state index contributed by atoms with van der Waals surface area (Å²) in [5.74, 6) is 0.552. The summed E-state index contributed by atoms with van der Waals surface area (Å²) in [7, 11) is 0. The van der Waals surface area contributed by atoms with Crippen molar-refractivity contribution in [2.45, 2.75) is 19.3 Å². The topological polar surface area (TPSA) is 12.0 Å². The molecule has 20 heavy (non-hydrogen) atoms. The van der Waals surface area contributed by atoms with Crippen LogP contribution in [-0.2, 0) is 0 Å². The Morgan fingerprint density at radius 1 is 1.00 bits per heavy atom. The van der Waals surface area contributed by atoms with Gasteiger partial charge in [0, 0.05) is 20.0 Å². The van der Waals surface area contributed by atoms with E-state index < -0.39 is 0 Å². The van der Waals surface area contributed by atoms with Crippen LogP contribution in [0, 0.1) is 0 Å². The van der Waals surface area contributed by atoms with Crippen LogP contribution in [0.15, 0.2) is 55.9 Å². The number of halogens is 3. The maximum atomic E-state index is 3.59. The van der Waals surface area contributed by atoms with E-state index in [1.807, 2.05) is 12.1 Å². The molecule has 1 atom stereocenters. The molecule has 0 aliphatic carbocycles. The van der Waals surface area contributed by atoms with Crippen molar-refractivity contribution in [2.24, 2.45) is 0 Å². The summed E-state index contributed by atoms with van der Waals surface area (Å²) in [6.45, 7) is 3.21. The van der Waals surface area contributed by atoms with Crippen LogP contribution in [0.5, 0.6) is 0 Å². The van der Waals surface area contributed by atoms with Crippen LogP contribution in [0.25, 0.3) is 0 Å². The number of anilines is 1. The summed E-state index contributed by atoms with van der Waals surface area (Å²) in [4.78, 5) is 0. The first-order valence-electron chi connectivity index (χ1n) is 6.51. The third-order valence-electron chi connectivity index (χ3n) is 3.25. The lowest BCUT2D eigenvalue weighted by atomic mass is 9.98. The Balaban J connectivity index is 1.94. The maximum Gasteiger partial charge on any atom is 0.0629 e. The standard InChI is InChI=1S/C16H16Br3N/c1-11(12-5-3-2-4-6-12)7-8-20-16-14(18)9-13(17)10-15(16)19/h2-6,9-11,20H,7-8H2,1H3. The highest BCUT2D eigenvalue weighted by molar-refractivity contribution is 9.11. The second-order valence-electron chi connectivity index (χ2n) is 4.77. The zero-order valence-corrected chi connectivity index (χ0v) is 15.9. The van der Waals surface area contributed by atoms with Crippen molar-refractivity contribution in [1.29, 1.82) is 0 Å². The van der Waals surface area contributed by atoms with Crippen LogP contribution >= 0.6 is 47.8 Å². The second-order valence-corrected chi connectivity index (χ2v) is 7.40. The highest BCUT2D eigenvalue weighted by Crippen LogP contribution is 2.34. The molecule has 0 aromatic heterocycles. The summed E-state index contributed by atoms with van der Waals surface area (Å²) < 4.78 is 3.18. The van der Waals surface area contributed by atoms with Gasteiger partial charge in [0.15, 0.2) is 0 Å². The lowest BCUT2D eigenvalue weighted by Gasteiger charge is -2.15. The number of rotatable bonds is 5. The van der Waals surface area contributed by atoms with Gasteiger partial charge in [-0.05, 0) is 61.9 Å². The molecule has 0 heterocycles. The SMILES string of the molecule is CC(CCNc1c(Br)cc(Br)cc1Br)c1ccccc1. The number of hydrogen-bond donors (Lipinski definition) is 1. The summed E-state index contributed by atoms with van der Waals surface area (Å²) in [6, 6.07) is 14.7. The van der Waals surface area contributed by atoms with E-state index in [2.05, 4.69) is 90.4 Å². The highest BCUT2D eigenvalue weighted by Gasteiger charge is 2.08. The monoisotopic (exact) mass is 459 g/mol. The molecule has 2 aromatic rings. The van der Waals surface area contributed by atoms with Gasteiger partial charge in [0.1, 0.15) is 0 Å². The van der Waals surface area contributed by atoms with E-state index in [0.717, 1.165) is 32.1 Å². The van der Waals surface area contributed by atoms with Gasteiger partial charge in [0.05, 0.1) is 5.69 Å². The molecule has 0 aliphatic heterocycles. The number of hydrogen-bond acceptors (Lipinski definition) is 1. The summed E-state index contributed by atoms with van der Waals surface area (Å²) >= 11 is 10.7. The first-order valence-corrected chi connectivity index (χ1v) is 8.89. The van der Waals surface area contributed by atoms with Gasteiger partial charge >= 0.3 is 0 Å². The van der Waals surface area contributed by atoms with E-state index in [4.69, 9.17) is 0 Å². The Morgan fingerprint density at radius 3 is 2.20 bits per heavy atom. The fourth-order valence-corrected chi connectivity index (χ4v) is 4.61. The Labute approximate surface area is 145 Å². The van der Waals surface area contributed by atoms with Crippen LogP contribution in [0.3, 0.4) is 0 Å². The van der Waals surface area contributed by atoms with Gasteiger partial charge in [0.25, 0.3) is 0 Å². The Bertz CT molecular complexity index is 546. The minimum absolute atomic E-state index is 0.552. The van der Waals surface area contributed by atoms with Gasteiger partial charge in [-0.2, -0.15) is 0 Å². The zero-order chi connectivity index (χ0) is 14.5. The molecule has 1 unspecified atom stereocenters. The molecule has 0 fully saturated rings. The van der Waals surface area contributed by atoms with Crippen molar-refractivity contribution in [3.63, 3.8) is 0 Å². The third kappa shape index (κ3) is 4.34. The fraction of sp³-hybridized carbons (Fsp3) is 0.250. The van der Waals surface area contributed by atoms with Crippen molar-refractivity contribution < 1.29 is 0 Å². The van der Waals surface area contributed by atoms with Crippen molar-refractivity contribution in [3.8, 4) is 0 Å². The summed E-state index contributed by atoms with van der Waals surface area (Å²) in [5, 5.41) is 3.49. The minimum atomic E-state index is 0.552. The normalized spacial score (nSPS) is 12.2. The van der Waals surface area contributed by atoms with E-state index in [-0.39, 0.29) is 0 Å². The summed E-state index contributed by atoms with van der Waals surface area (Å²) in [6.07, 6.45) is 1.10. The van der Waals surface area contributed by atoms with Gasteiger partial charge < -0.3 is 5.32 Å². The van der Waals surface area contributed by atoms with E-state index in [0.29, 0.717) is 5.92 Å². The molecule has 0 saturated heterocycles. The largest absolute Gasteiger partial charge is 0.383 e. The van der Waals surface area contributed by atoms with E-state index in [9.17, 15) is 0 Å². The lowest BCUT2D eigenvalue weighted by Crippen LogP contribution is -2.07. The molecule has 4 heteroatoms. The highest BCUT2D eigenvalue weighted by atomic mass is 79.9. The van der Waals surface area contributed by atoms with E-state index in [1.54, 1.807) is 0 Å². The molecular weight excluding hydrogens is 446 g/mol. The van der Waals surface area contributed by atoms with Gasteiger partial charge in [0.2, 0.25) is 0 Å². The molecule has 106 valence electrons. The maximum absolute atomic E-state index is 3.59. The fourth-order valence-electron chi connectivity index (χ4n) is 2.07. The minimum Gasteiger partial charge on any atom is -0.383 e. The average molecular weight is 462 g/mol. The quantitative estimate of drug-likeness (QED) is 0.530. The molecule has 0 aliphatic rings. The van der Waals surface area contributed by atoms with Crippen molar-refractivity contribution in [2.75, 3.05) is 11.9 Å². The molecule has 2 rings (SSSR count). The van der Waals surface area contributed by atoms with Gasteiger partial charge in [-0.1, -0.05) is 53.2 Å². The first kappa shape index (κ1) is 16.1. The van der Waals surface area contributed by atoms with Gasteiger partial charge in [-0.25, -0.2) is 0 Å². The summed E-state index contributed by atoms with van der Waals surface area (Å²) in [5.41, 5.74) is 2.50. The third-order valence-corrected chi connectivity index (χ3v) is 4.96. The molecular formula is C16H16Br3N. The number of benzene rings is 2. The average Bonchev–Trinajstić information content (AvgIpc) is 2.42. The molecule has 2 aromatic carbocycles. The molecule has 1 N–H and O–H groups in total. The number of nitrogens with one attached hydrogen (secondary N) is 1. The van der Waals surface area contributed by atoms with Crippen LogP contribution in [0.1, 0.15) is 24.8 Å². The van der Waals surface area contributed by atoms with Crippen LogP contribution < -0.4 is 5.32 Å². The second kappa shape index (κ2) is 7.62. The van der Waals surface area contributed by atoms with Crippen LogP contribution in [0.2, 0.25) is 0 Å². The molecule has 0 amide bonds. The van der Waals surface area contributed by atoms with Crippen LogP contribution in [0.4, 0.5) is 5.69 Å². The Kier molecular flexibility index (Phi) is 6.12. The predicted octanol–water partition coefficient (Wildman–Crippen LogP) is 6.58. The smallest absolute Gasteiger partial charge is 0.0629 e. The van der Waals surface area contributed by atoms with Crippen LogP contribution in [-0.4, -0.2) is 6.54 Å².